The van der Waals surface area contributed by atoms with Gasteiger partial charge in [0, 0.05) is 36.3 Å². The first-order valence-corrected chi connectivity index (χ1v) is 7.50. The van der Waals surface area contributed by atoms with Crippen LogP contribution in [-0.2, 0) is 7.05 Å². The van der Waals surface area contributed by atoms with Crippen molar-refractivity contribution in [1.29, 1.82) is 0 Å². The molecule has 1 amide bonds. The van der Waals surface area contributed by atoms with E-state index in [1.54, 1.807) is 36.0 Å². The van der Waals surface area contributed by atoms with Crippen LogP contribution >= 0.6 is 0 Å². The summed E-state index contributed by atoms with van der Waals surface area (Å²) in [4.78, 5) is 24.3. The summed E-state index contributed by atoms with van der Waals surface area (Å²) in [6.07, 6.45) is 0. The summed E-state index contributed by atoms with van der Waals surface area (Å²) in [6, 6.07) is 7.95. The number of fused-ring (bicyclic) bond motifs is 1. The molecule has 2 aromatic heterocycles. The Hall–Kier alpha value is -3.09. The normalized spacial score (nSPS) is 10.8. The maximum absolute atomic E-state index is 12.5. The van der Waals surface area contributed by atoms with Crippen molar-refractivity contribution in [2.45, 2.75) is 13.8 Å². The van der Waals surface area contributed by atoms with Crippen molar-refractivity contribution in [2.24, 2.45) is 7.05 Å². The minimum Gasteiger partial charge on any atom is -0.494 e. The number of aromatic nitrogens is 2. The smallest absolute Gasteiger partial charge is 0.337 e. The highest BCUT2D eigenvalue weighted by Crippen LogP contribution is 2.23. The zero-order chi connectivity index (χ0) is 17.3. The standard InChI is InChI=1S/C17H17N3O4/c1-4-23-11-5-6-12-13(9-16(21)24-14(12)8-11)17(22)18-15-7-10(2)20(3)19-15/h5-9H,4H2,1-3H3,(H,18,19,22). The first-order valence-electron chi connectivity index (χ1n) is 7.50. The molecule has 0 atom stereocenters. The summed E-state index contributed by atoms with van der Waals surface area (Å²) in [7, 11) is 1.78. The molecular formula is C17H17N3O4. The minimum absolute atomic E-state index is 0.229. The molecule has 1 N–H and O–H groups in total. The lowest BCUT2D eigenvalue weighted by molar-refractivity contribution is 0.102. The lowest BCUT2D eigenvalue weighted by Crippen LogP contribution is -2.15. The van der Waals surface area contributed by atoms with E-state index in [-0.39, 0.29) is 5.56 Å². The molecule has 0 aliphatic heterocycles. The molecule has 0 aliphatic rings. The Morgan fingerprint density at radius 1 is 1.33 bits per heavy atom. The molecule has 0 spiro atoms. The molecule has 0 aliphatic carbocycles. The van der Waals surface area contributed by atoms with Crippen molar-refractivity contribution in [2.75, 3.05) is 11.9 Å². The maximum Gasteiger partial charge on any atom is 0.337 e. The Labute approximate surface area is 137 Å². The van der Waals surface area contributed by atoms with Gasteiger partial charge in [-0.15, -0.1) is 0 Å². The molecule has 3 rings (SSSR count). The van der Waals surface area contributed by atoms with Crippen LogP contribution in [0.3, 0.4) is 0 Å². The number of ether oxygens (including phenoxy) is 1. The Bertz CT molecular complexity index is 952. The van der Waals surface area contributed by atoms with Crippen LogP contribution in [0.25, 0.3) is 11.0 Å². The second-order valence-electron chi connectivity index (χ2n) is 5.32. The molecule has 24 heavy (non-hydrogen) atoms. The number of hydrogen-bond donors (Lipinski definition) is 1. The fraction of sp³-hybridized carbons (Fsp3) is 0.235. The Balaban J connectivity index is 2.01. The van der Waals surface area contributed by atoms with Gasteiger partial charge in [0.2, 0.25) is 0 Å². The number of rotatable bonds is 4. The van der Waals surface area contributed by atoms with E-state index in [4.69, 9.17) is 9.15 Å². The average molecular weight is 327 g/mol. The van der Waals surface area contributed by atoms with Crippen LogP contribution in [0.2, 0.25) is 0 Å². The Morgan fingerprint density at radius 3 is 2.79 bits per heavy atom. The van der Waals surface area contributed by atoms with Crippen molar-refractivity contribution in [1.82, 2.24) is 9.78 Å². The average Bonchev–Trinajstić information content (AvgIpc) is 2.84. The lowest BCUT2D eigenvalue weighted by Gasteiger charge is -2.07. The van der Waals surface area contributed by atoms with Crippen LogP contribution in [-0.4, -0.2) is 22.3 Å². The number of anilines is 1. The van der Waals surface area contributed by atoms with Gasteiger partial charge in [-0.2, -0.15) is 5.10 Å². The number of nitrogens with one attached hydrogen (secondary N) is 1. The van der Waals surface area contributed by atoms with Crippen LogP contribution in [0.15, 0.2) is 39.5 Å². The molecule has 124 valence electrons. The van der Waals surface area contributed by atoms with Crippen molar-refractivity contribution in [3.63, 3.8) is 0 Å². The quantitative estimate of drug-likeness (QED) is 0.744. The second-order valence-corrected chi connectivity index (χ2v) is 5.32. The van der Waals surface area contributed by atoms with E-state index >= 15 is 0 Å². The number of benzene rings is 1. The van der Waals surface area contributed by atoms with E-state index < -0.39 is 11.5 Å². The molecule has 0 unspecified atom stereocenters. The van der Waals surface area contributed by atoms with Gasteiger partial charge in [0.25, 0.3) is 5.91 Å². The first-order chi connectivity index (χ1) is 11.5. The summed E-state index contributed by atoms with van der Waals surface area (Å²) in [5.41, 5.74) is 0.839. The topological polar surface area (TPSA) is 86.4 Å². The molecule has 0 radical (unpaired) electrons. The third kappa shape index (κ3) is 3.01. The van der Waals surface area contributed by atoms with E-state index in [0.29, 0.717) is 29.1 Å². The van der Waals surface area contributed by atoms with Gasteiger partial charge in [0.05, 0.1) is 12.2 Å². The highest BCUT2D eigenvalue weighted by Gasteiger charge is 2.15. The van der Waals surface area contributed by atoms with E-state index in [1.165, 1.54) is 6.07 Å². The number of carbonyl (C=O) groups is 1. The van der Waals surface area contributed by atoms with Crippen LogP contribution in [0, 0.1) is 6.92 Å². The third-order valence-electron chi connectivity index (χ3n) is 3.63. The van der Waals surface area contributed by atoms with Gasteiger partial charge < -0.3 is 14.5 Å². The third-order valence-corrected chi connectivity index (χ3v) is 3.63. The summed E-state index contributed by atoms with van der Waals surface area (Å²) in [6.45, 7) is 4.23. The zero-order valence-electron chi connectivity index (χ0n) is 13.6. The molecule has 7 nitrogen and oxygen atoms in total. The summed E-state index contributed by atoms with van der Waals surface area (Å²) >= 11 is 0. The Kier molecular flexibility index (Phi) is 4.07. The van der Waals surface area contributed by atoms with E-state index in [1.807, 2.05) is 13.8 Å². The van der Waals surface area contributed by atoms with Gasteiger partial charge in [-0.05, 0) is 26.0 Å². The number of aryl methyl sites for hydroxylation is 2. The molecule has 0 saturated carbocycles. The summed E-state index contributed by atoms with van der Waals surface area (Å²) < 4.78 is 12.2. The fourth-order valence-corrected chi connectivity index (χ4v) is 2.39. The van der Waals surface area contributed by atoms with Crippen molar-refractivity contribution in [3.05, 3.63) is 52.0 Å². The van der Waals surface area contributed by atoms with Gasteiger partial charge in [-0.3, -0.25) is 9.48 Å². The number of carbonyl (C=O) groups excluding carboxylic acids is 1. The largest absolute Gasteiger partial charge is 0.494 e. The van der Waals surface area contributed by atoms with Gasteiger partial charge >= 0.3 is 5.63 Å². The van der Waals surface area contributed by atoms with Gasteiger partial charge in [-0.1, -0.05) is 0 Å². The molecule has 0 fully saturated rings. The van der Waals surface area contributed by atoms with Crippen LogP contribution in [0.1, 0.15) is 23.0 Å². The SMILES string of the molecule is CCOc1ccc2c(C(=O)Nc3cc(C)n(C)n3)cc(=O)oc2c1. The molecular weight excluding hydrogens is 310 g/mol. The highest BCUT2D eigenvalue weighted by atomic mass is 16.5. The summed E-state index contributed by atoms with van der Waals surface area (Å²) in [5, 5.41) is 7.41. The van der Waals surface area contributed by atoms with Crippen molar-refractivity contribution in [3.8, 4) is 5.75 Å². The predicted octanol–water partition coefficient (Wildman–Crippen LogP) is 2.49. The molecule has 0 bridgehead atoms. The van der Waals surface area contributed by atoms with E-state index in [0.717, 1.165) is 5.69 Å². The zero-order valence-corrected chi connectivity index (χ0v) is 13.6. The molecule has 3 aromatic rings. The van der Waals surface area contributed by atoms with Crippen LogP contribution in [0.4, 0.5) is 5.82 Å². The van der Waals surface area contributed by atoms with Gasteiger partial charge in [-0.25, -0.2) is 4.79 Å². The summed E-state index contributed by atoms with van der Waals surface area (Å²) in [5.74, 6) is 0.577. The molecule has 1 aromatic carbocycles. The molecule has 7 heteroatoms. The maximum atomic E-state index is 12.5. The highest BCUT2D eigenvalue weighted by molar-refractivity contribution is 6.11. The first kappa shape index (κ1) is 15.8. The minimum atomic E-state index is -0.599. The molecule has 0 saturated heterocycles. The fourth-order valence-electron chi connectivity index (χ4n) is 2.39. The van der Waals surface area contributed by atoms with E-state index in [9.17, 15) is 9.59 Å². The Morgan fingerprint density at radius 2 is 2.12 bits per heavy atom. The van der Waals surface area contributed by atoms with Crippen molar-refractivity contribution < 1.29 is 13.9 Å². The number of amides is 1. The predicted molar refractivity (Wildman–Crippen MR) is 89.6 cm³/mol. The molecule has 2 heterocycles. The number of nitrogens with zero attached hydrogens (tertiary/aromatic N) is 2. The van der Waals surface area contributed by atoms with E-state index in [2.05, 4.69) is 10.4 Å². The van der Waals surface area contributed by atoms with Gasteiger partial charge in [0.15, 0.2) is 5.82 Å². The van der Waals surface area contributed by atoms with Crippen LogP contribution < -0.4 is 15.7 Å². The second kappa shape index (κ2) is 6.19. The van der Waals surface area contributed by atoms with Gasteiger partial charge in [0.1, 0.15) is 11.3 Å². The lowest BCUT2D eigenvalue weighted by atomic mass is 10.1. The van der Waals surface area contributed by atoms with Crippen LogP contribution in [0.5, 0.6) is 5.75 Å². The van der Waals surface area contributed by atoms with Crippen molar-refractivity contribution >= 4 is 22.7 Å². The number of hydrogen-bond acceptors (Lipinski definition) is 5. The monoisotopic (exact) mass is 327 g/mol.